The Bertz CT molecular complexity index is 216. The molecule has 2 rings (SSSR count). The third kappa shape index (κ3) is 3.71. The van der Waals surface area contributed by atoms with E-state index in [2.05, 4.69) is 26.1 Å². The van der Waals surface area contributed by atoms with Crippen LogP contribution < -0.4 is 5.32 Å². The first-order valence-electron chi connectivity index (χ1n) is 7.93. The zero-order chi connectivity index (χ0) is 12.3. The second-order valence-electron chi connectivity index (χ2n) is 6.89. The second kappa shape index (κ2) is 6.22. The van der Waals surface area contributed by atoms with Crippen molar-refractivity contribution in [3.8, 4) is 0 Å². The molecular formula is C16H31N. The third-order valence-electron chi connectivity index (χ3n) is 5.28. The lowest BCUT2D eigenvalue weighted by atomic mass is 9.78. The molecule has 2 unspecified atom stereocenters. The zero-order valence-corrected chi connectivity index (χ0v) is 12.0. The summed E-state index contributed by atoms with van der Waals surface area (Å²) < 4.78 is 0. The van der Waals surface area contributed by atoms with Crippen LogP contribution in [0, 0.1) is 17.8 Å². The summed E-state index contributed by atoms with van der Waals surface area (Å²) in [5.41, 5.74) is 0. The van der Waals surface area contributed by atoms with Crippen molar-refractivity contribution in [2.75, 3.05) is 0 Å². The van der Waals surface area contributed by atoms with Crippen molar-refractivity contribution in [2.45, 2.75) is 84.2 Å². The SMILES string of the molecule is CC(C)C1CCC(NC2CCCCC2C)CC1. The lowest BCUT2D eigenvalue weighted by molar-refractivity contribution is 0.195. The Labute approximate surface area is 108 Å². The highest BCUT2D eigenvalue weighted by Crippen LogP contribution is 2.31. The van der Waals surface area contributed by atoms with Crippen LogP contribution in [0.2, 0.25) is 0 Å². The van der Waals surface area contributed by atoms with Crippen LogP contribution in [0.4, 0.5) is 0 Å². The fourth-order valence-electron chi connectivity index (χ4n) is 3.82. The molecule has 0 saturated heterocycles. The standard InChI is InChI=1S/C16H31N/c1-12(2)14-8-10-15(11-9-14)17-16-7-5-4-6-13(16)3/h12-17H,4-11H2,1-3H3. The predicted octanol–water partition coefficient (Wildman–Crippen LogP) is 4.37. The highest BCUT2D eigenvalue weighted by Gasteiger charge is 2.27. The Kier molecular flexibility index (Phi) is 4.90. The molecule has 0 aromatic carbocycles. The van der Waals surface area contributed by atoms with Gasteiger partial charge in [-0.05, 0) is 56.3 Å². The van der Waals surface area contributed by atoms with E-state index in [0.717, 1.165) is 29.8 Å². The summed E-state index contributed by atoms with van der Waals surface area (Å²) >= 11 is 0. The van der Waals surface area contributed by atoms with E-state index in [1.807, 2.05) is 0 Å². The molecule has 0 aromatic heterocycles. The van der Waals surface area contributed by atoms with Crippen LogP contribution in [0.3, 0.4) is 0 Å². The Morgan fingerprint density at radius 1 is 0.882 bits per heavy atom. The van der Waals surface area contributed by atoms with Crippen molar-refractivity contribution in [1.82, 2.24) is 5.32 Å². The Hall–Kier alpha value is -0.0400. The van der Waals surface area contributed by atoms with Crippen molar-refractivity contribution in [3.05, 3.63) is 0 Å². The molecule has 0 aromatic rings. The fourth-order valence-corrected chi connectivity index (χ4v) is 3.82. The van der Waals surface area contributed by atoms with Crippen LogP contribution in [0.5, 0.6) is 0 Å². The normalized spacial score (nSPS) is 39.5. The first kappa shape index (κ1) is 13.4. The fraction of sp³-hybridized carbons (Fsp3) is 1.00. The van der Waals surface area contributed by atoms with Gasteiger partial charge in [-0.15, -0.1) is 0 Å². The van der Waals surface area contributed by atoms with Gasteiger partial charge in [-0.1, -0.05) is 33.6 Å². The predicted molar refractivity (Wildman–Crippen MR) is 75.1 cm³/mol. The molecule has 0 aliphatic heterocycles. The summed E-state index contributed by atoms with van der Waals surface area (Å²) in [7, 11) is 0. The van der Waals surface area contributed by atoms with E-state index < -0.39 is 0 Å². The summed E-state index contributed by atoms with van der Waals surface area (Å²) in [5.74, 6) is 2.80. The van der Waals surface area contributed by atoms with Gasteiger partial charge < -0.3 is 5.32 Å². The van der Waals surface area contributed by atoms with E-state index in [4.69, 9.17) is 0 Å². The van der Waals surface area contributed by atoms with E-state index >= 15 is 0 Å². The summed E-state index contributed by atoms with van der Waals surface area (Å²) in [5, 5.41) is 3.97. The molecule has 2 aliphatic rings. The molecule has 1 N–H and O–H groups in total. The first-order chi connectivity index (χ1) is 8.16. The summed E-state index contributed by atoms with van der Waals surface area (Å²) in [4.78, 5) is 0. The Balaban J connectivity index is 1.73. The van der Waals surface area contributed by atoms with Gasteiger partial charge in [-0.3, -0.25) is 0 Å². The topological polar surface area (TPSA) is 12.0 Å². The summed E-state index contributed by atoms with van der Waals surface area (Å²) in [6, 6.07) is 1.65. The van der Waals surface area contributed by atoms with Crippen LogP contribution in [0.15, 0.2) is 0 Å². The molecule has 2 fully saturated rings. The largest absolute Gasteiger partial charge is 0.311 e. The minimum absolute atomic E-state index is 0.823. The summed E-state index contributed by atoms with van der Waals surface area (Å²) in [6.45, 7) is 7.22. The van der Waals surface area contributed by atoms with Gasteiger partial charge in [-0.25, -0.2) is 0 Å². The maximum absolute atomic E-state index is 3.97. The molecule has 17 heavy (non-hydrogen) atoms. The molecular weight excluding hydrogens is 206 g/mol. The van der Waals surface area contributed by atoms with Crippen LogP contribution in [0.1, 0.15) is 72.1 Å². The molecule has 100 valence electrons. The van der Waals surface area contributed by atoms with Crippen LogP contribution in [-0.4, -0.2) is 12.1 Å². The van der Waals surface area contributed by atoms with Gasteiger partial charge in [0.15, 0.2) is 0 Å². The zero-order valence-electron chi connectivity index (χ0n) is 12.0. The average molecular weight is 237 g/mol. The molecule has 2 atom stereocenters. The Morgan fingerprint density at radius 3 is 2.12 bits per heavy atom. The highest BCUT2D eigenvalue weighted by atomic mass is 15.0. The first-order valence-corrected chi connectivity index (χ1v) is 7.93. The van der Waals surface area contributed by atoms with Gasteiger partial charge >= 0.3 is 0 Å². The van der Waals surface area contributed by atoms with Crippen molar-refractivity contribution < 1.29 is 0 Å². The molecule has 0 radical (unpaired) electrons. The van der Waals surface area contributed by atoms with Crippen LogP contribution >= 0.6 is 0 Å². The third-order valence-corrected chi connectivity index (χ3v) is 5.28. The minimum Gasteiger partial charge on any atom is -0.311 e. The molecule has 0 bridgehead atoms. The quantitative estimate of drug-likeness (QED) is 0.768. The number of rotatable bonds is 3. The van der Waals surface area contributed by atoms with Crippen LogP contribution in [0.25, 0.3) is 0 Å². The lowest BCUT2D eigenvalue weighted by Gasteiger charge is -2.37. The lowest BCUT2D eigenvalue weighted by Crippen LogP contribution is -2.45. The smallest absolute Gasteiger partial charge is 0.00952 e. The summed E-state index contributed by atoms with van der Waals surface area (Å²) in [6.07, 6.45) is 11.5. The van der Waals surface area contributed by atoms with Crippen molar-refractivity contribution >= 4 is 0 Å². The van der Waals surface area contributed by atoms with Gasteiger partial charge in [0.25, 0.3) is 0 Å². The van der Waals surface area contributed by atoms with Gasteiger partial charge in [0.05, 0.1) is 0 Å². The number of nitrogens with one attached hydrogen (secondary N) is 1. The molecule has 1 heteroatoms. The molecule has 1 nitrogen and oxygen atoms in total. The molecule has 2 saturated carbocycles. The maximum atomic E-state index is 3.97. The number of hydrogen-bond acceptors (Lipinski definition) is 1. The van der Waals surface area contributed by atoms with Crippen molar-refractivity contribution in [3.63, 3.8) is 0 Å². The maximum Gasteiger partial charge on any atom is 0.00952 e. The van der Waals surface area contributed by atoms with E-state index in [1.54, 1.807) is 0 Å². The van der Waals surface area contributed by atoms with Gasteiger partial charge in [0.2, 0.25) is 0 Å². The van der Waals surface area contributed by atoms with E-state index in [9.17, 15) is 0 Å². The average Bonchev–Trinajstić information content (AvgIpc) is 2.33. The van der Waals surface area contributed by atoms with Gasteiger partial charge in [0, 0.05) is 12.1 Å². The van der Waals surface area contributed by atoms with Crippen molar-refractivity contribution in [2.24, 2.45) is 17.8 Å². The van der Waals surface area contributed by atoms with E-state index in [0.29, 0.717) is 0 Å². The van der Waals surface area contributed by atoms with Crippen molar-refractivity contribution in [1.29, 1.82) is 0 Å². The van der Waals surface area contributed by atoms with Gasteiger partial charge in [0.1, 0.15) is 0 Å². The minimum atomic E-state index is 0.823. The molecule has 0 amide bonds. The monoisotopic (exact) mass is 237 g/mol. The van der Waals surface area contributed by atoms with E-state index in [-0.39, 0.29) is 0 Å². The second-order valence-corrected chi connectivity index (χ2v) is 6.89. The molecule has 0 heterocycles. The van der Waals surface area contributed by atoms with E-state index in [1.165, 1.54) is 51.4 Å². The van der Waals surface area contributed by atoms with Crippen LogP contribution in [-0.2, 0) is 0 Å². The molecule has 0 spiro atoms. The molecule has 2 aliphatic carbocycles. The highest BCUT2D eigenvalue weighted by molar-refractivity contribution is 4.85. The number of hydrogen-bond donors (Lipinski definition) is 1. The van der Waals surface area contributed by atoms with Gasteiger partial charge in [-0.2, -0.15) is 0 Å². The Morgan fingerprint density at radius 2 is 1.53 bits per heavy atom.